The van der Waals surface area contributed by atoms with E-state index in [1.54, 1.807) is 0 Å². The van der Waals surface area contributed by atoms with Crippen molar-refractivity contribution in [3.05, 3.63) is 58.9 Å². The largest absolute Gasteiger partial charge is 0.454 e. The maximum atomic E-state index is 13.4. The zero-order valence-electron chi connectivity index (χ0n) is 20.6. The molecule has 3 aromatic rings. The highest BCUT2D eigenvalue weighted by atomic mass is 35.5. The first-order chi connectivity index (χ1) is 18.1. The molecule has 2 saturated heterocycles. The van der Waals surface area contributed by atoms with Gasteiger partial charge in [0.25, 0.3) is 0 Å². The first kappa shape index (κ1) is 24.2. The Morgan fingerprint density at radius 2 is 1.84 bits per heavy atom. The fourth-order valence-electron chi connectivity index (χ4n) is 5.34. The van der Waals surface area contributed by atoms with Crippen molar-refractivity contribution in [3.8, 4) is 22.9 Å². The van der Waals surface area contributed by atoms with Crippen LogP contribution in [0.25, 0.3) is 11.4 Å². The van der Waals surface area contributed by atoms with Gasteiger partial charge in [-0.05, 0) is 49.2 Å². The third-order valence-electron chi connectivity index (χ3n) is 7.29. The molecular weight excluding hydrogens is 494 g/mol. The number of likely N-dealkylation sites (tertiary alicyclic amines) is 1. The molecular formula is C27H30ClN5O4. The highest BCUT2D eigenvalue weighted by Crippen LogP contribution is 2.33. The van der Waals surface area contributed by atoms with Crippen molar-refractivity contribution in [1.29, 1.82) is 0 Å². The summed E-state index contributed by atoms with van der Waals surface area (Å²) >= 11 is 6.09. The lowest BCUT2D eigenvalue weighted by Gasteiger charge is -2.38. The van der Waals surface area contributed by atoms with Gasteiger partial charge in [-0.25, -0.2) is 0 Å². The molecule has 0 bridgehead atoms. The van der Waals surface area contributed by atoms with E-state index in [4.69, 9.17) is 25.6 Å². The van der Waals surface area contributed by atoms with Gasteiger partial charge in [0.1, 0.15) is 0 Å². The van der Waals surface area contributed by atoms with Crippen LogP contribution in [0, 0.1) is 5.92 Å². The molecule has 2 fully saturated rings. The molecule has 0 saturated carbocycles. The minimum absolute atomic E-state index is 0.00415. The summed E-state index contributed by atoms with van der Waals surface area (Å²) in [6, 6.07) is 13.5. The number of benzene rings is 2. The van der Waals surface area contributed by atoms with E-state index in [0.717, 1.165) is 69.2 Å². The maximum Gasteiger partial charge on any atom is 0.241 e. The SMILES string of the molecule is O=C(C1CCCN(Cc2nc(-c3cccc(Cl)c3)no2)C1)N1CCN(Cc2ccc3c(c2)OCO3)CC1. The second kappa shape index (κ2) is 10.7. The number of fused-ring (bicyclic) bond motifs is 1. The summed E-state index contributed by atoms with van der Waals surface area (Å²) in [6.45, 7) is 6.55. The zero-order chi connectivity index (χ0) is 25.2. The number of carbonyl (C=O) groups is 1. The van der Waals surface area contributed by atoms with E-state index in [0.29, 0.717) is 29.8 Å². The summed E-state index contributed by atoms with van der Waals surface area (Å²) < 4.78 is 16.4. The molecule has 0 spiro atoms. The Morgan fingerprint density at radius 1 is 0.973 bits per heavy atom. The molecule has 4 heterocycles. The summed E-state index contributed by atoms with van der Waals surface area (Å²) in [6.07, 6.45) is 1.90. The monoisotopic (exact) mass is 523 g/mol. The fourth-order valence-corrected chi connectivity index (χ4v) is 5.53. The number of carbonyl (C=O) groups excluding carboxylic acids is 1. The number of halogens is 1. The number of amides is 1. The van der Waals surface area contributed by atoms with Crippen LogP contribution in [0.5, 0.6) is 11.5 Å². The van der Waals surface area contributed by atoms with Crippen LogP contribution in [0.1, 0.15) is 24.3 Å². The highest BCUT2D eigenvalue weighted by molar-refractivity contribution is 6.30. The molecule has 6 rings (SSSR count). The molecule has 3 aliphatic rings. The molecule has 1 amide bonds. The van der Waals surface area contributed by atoms with Gasteiger partial charge in [0.05, 0.1) is 12.5 Å². The van der Waals surface area contributed by atoms with Gasteiger partial charge in [-0.15, -0.1) is 0 Å². The van der Waals surface area contributed by atoms with Gasteiger partial charge in [-0.3, -0.25) is 14.6 Å². The van der Waals surface area contributed by atoms with Gasteiger partial charge in [0, 0.05) is 49.9 Å². The van der Waals surface area contributed by atoms with Crippen LogP contribution >= 0.6 is 11.6 Å². The summed E-state index contributed by atoms with van der Waals surface area (Å²) in [7, 11) is 0. The minimum atomic E-state index is 0.00415. The lowest BCUT2D eigenvalue weighted by Crippen LogP contribution is -2.52. The third kappa shape index (κ3) is 5.58. The molecule has 194 valence electrons. The lowest BCUT2D eigenvalue weighted by atomic mass is 9.96. The van der Waals surface area contributed by atoms with Crippen LogP contribution < -0.4 is 9.47 Å². The Kier molecular flexibility index (Phi) is 6.99. The van der Waals surface area contributed by atoms with E-state index >= 15 is 0 Å². The molecule has 10 heteroatoms. The maximum absolute atomic E-state index is 13.4. The number of hydrogen-bond acceptors (Lipinski definition) is 8. The van der Waals surface area contributed by atoms with Gasteiger partial charge < -0.3 is 18.9 Å². The molecule has 2 aromatic carbocycles. The summed E-state index contributed by atoms with van der Waals surface area (Å²) in [5.74, 6) is 2.97. The van der Waals surface area contributed by atoms with Crippen molar-refractivity contribution in [2.45, 2.75) is 25.9 Å². The fraction of sp³-hybridized carbons (Fsp3) is 0.444. The summed E-state index contributed by atoms with van der Waals surface area (Å²) in [4.78, 5) is 24.6. The molecule has 37 heavy (non-hydrogen) atoms. The van der Waals surface area contributed by atoms with Gasteiger partial charge in [-0.2, -0.15) is 4.98 Å². The third-order valence-corrected chi connectivity index (χ3v) is 7.53. The molecule has 0 N–H and O–H groups in total. The number of aromatic nitrogens is 2. The Bertz CT molecular complexity index is 1260. The first-order valence-corrected chi connectivity index (χ1v) is 13.2. The Balaban J connectivity index is 0.998. The van der Waals surface area contributed by atoms with Crippen molar-refractivity contribution in [2.24, 2.45) is 5.92 Å². The standard InChI is InChI=1S/C27H30ClN5O4/c28-22-5-1-3-20(14-22)26-29-25(37-30-26)17-32-8-2-4-21(16-32)27(34)33-11-9-31(10-12-33)15-19-6-7-23-24(13-19)36-18-35-23/h1,3,5-7,13-14,21H,2,4,8-12,15-18H2. The molecule has 0 aliphatic carbocycles. The summed E-state index contributed by atoms with van der Waals surface area (Å²) in [5.41, 5.74) is 2.03. The first-order valence-electron chi connectivity index (χ1n) is 12.8. The van der Waals surface area contributed by atoms with Crippen LogP contribution in [0.2, 0.25) is 5.02 Å². The second-order valence-electron chi connectivity index (χ2n) is 9.89. The van der Waals surface area contributed by atoms with E-state index in [1.807, 2.05) is 35.2 Å². The average Bonchev–Trinajstić information content (AvgIpc) is 3.58. The van der Waals surface area contributed by atoms with Crippen molar-refractivity contribution >= 4 is 17.5 Å². The number of piperazine rings is 1. The number of piperidine rings is 1. The average molecular weight is 524 g/mol. The number of ether oxygens (including phenoxy) is 2. The quantitative estimate of drug-likeness (QED) is 0.484. The van der Waals surface area contributed by atoms with Crippen molar-refractivity contribution < 1.29 is 18.8 Å². The topological polar surface area (TPSA) is 84.2 Å². The molecule has 1 unspecified atom stereocenters. The van der Waals surface area contributed by atoms with Crippen molar-refractivity contribution in [1.82, 2.24) is 24.8 Å². The number of hydrogen-bond donors (Lipinski definition) is 0. The van der Waals surface area contributed by atoms with E-state index in [-0.39, 0.29) is 18.6 Å². The Morgan fingerprint density at radius 3 is 2.70 bits per heavy atom. The molecule has 3 aliphatic heterocycles. The Labute approximate surface area is 220 Å². The number of nitrogens with zero attached hydrogens (tertiary/aromatic N) is 5. The van der Waals surface area contributed by atoms with Crippen LogP contribution in [0.15, 0.2) is 47.0 Å². The zero-order valence-corrected chi connectivity index (χ0v) is 21.4. The van der Waals surface area contributed by atoms with Crippen LogP contribution in [0.4, 0.5) is 0 Å². The van der Waals surface area contributed by atoms with E-state index in [9.17, 15) is 4.79 Å². The normalized spacial score (nSPS) is 20.4. The molecule has 0 radical (unpaired) electrons. The second-order valence-corrected chi connectivity index (χ2v) is 10.3. The molecule has 9 nitrogen and oxygen atoms in total. The summed E-state index contributed by atoms with van der Waals surface area (Å²) in [5, 5.41) is 4.74. The predicted molar refractivity (Wildman–Crippen MR) is 137 cm³/mol. The van der Waals surface area contributed by atoms with Gasteiger partial charge in [0.2, 0.25) is 24.4 Å². The van der Waals surface area contributed by atoms with E-state index in [2.05, 4.69) is 32.1 Å². The van der Waals surface area contributed by atoms with Gasteiger partial charge in [-0.1, -0.05) is 35.0 Å². The van der Waals surface area contributed by atoms with Gasteiger partial charge in [0.15, 0.2) is 11.5 Å². The van der Waals surface area contributed by atoms with Crippen LogP contribution in [-0.4, -0.2) is 76.8 Å². The smallest absolute Gasteiger partial charge is 0.241 e. The van der Waals surface area contributed by atoms with Gasteiger partial charge >= 0.3 is 0 Å². The van der Waals surface area contributed by atoms with E-state index < -0.39 is 0 Å². The minimum Gasteiger partial charge on any atom is -0.454 e. The van der Waals surface area contributed by atoms with Crippen molar-refractivity contribution in [2.75, 3.05) is 46.1 Å². The molecule has 1 atom stereocenters. The van der Waals surface area contributed by atoms with Crippen molar-refractivity contribution in [3.63, 3.8) is 0 Å². The lowest BCUT2D eigenvalue weighted by molar-refractivity contribution is -0.139. The number of rotatable bonds is 6. The van der Waals surface area contributed by atoms with E-state index in [1.165, 1.54) is 5.56 Å². The molecule has 1 aromatic heterocycles. The Hall–Kier alpha value is -3.14. The highest BCUT2D eigenvalue weighted by Gasteiger charge is 2.31. The van der Waals surface area contributed by atoms with Crippen LogP contribution in [0.3, 0.4) is 0 Å². The van der Waals surface area contributed by atoms with Crippen LogP contribution in [-0.2, 0) is 17.9 Å². The predicted octanol–water partition coefficient (Wildman–Crippen LogP) is 3.68.